The molecule has 0 amide bonds. The van der Waals surface area contributed by atoms with Crippen molar-refractivity contribution >= 4 is 23.4 Å². The first-order valence-corrected chi connectivity index (χ1v) is 5.90. The first-order chi connectivity index (χ1) is 8.71. The topological polar surface area (TPSA) is 80.4 Å². The second-order valence-corrected chi connectivity index (χ2v) is 4.56. The summed E-state index contributed by atoms with van der Waals surface area (Å²) in [6.07, 6.45) is -5.02. The number of alkyl halides is 3. The summed E-state index contributed by atoms with van der Waals surface area (Å²) in [5.74, 6) is -1.17. The Hall–Kier alpha value is -1.77. The Morgan fingerprint density at radius 1 is 1.42 bits per heavy atom. The molecule has 1 aromatic carbocycles. The van der Waals surface area contributed by atoms with Gasteiger partial charge in [0.2, 0.25) is 0 Å². The van der Waals surface area contributed by atoms with Crippen LogP contribution in [0.3, 0.4) is 0 Å². The fourth-order valence-electron chi connectivity index (χ4n) is 1.23. The van der Waals surface area contributed by atoms with Gasteiger partial charge >= 0.3 is 12.1 Å². The van der Waals surface area contributed by atoms with E-state index in [1.54, 1.807) is 0 Å². The van der Waals surface area contributed by atoms with Gasteiger partial charge in [-0.25, -0.2) is 0 Å². The minimum absolute atomic E-state index is 0.0454. The lowest BCUT2D eigenvalue weighted by Gasteiger charge is -2.11. The minimum Gasteiger partial charge on any atom is -0.481 e. The predicted molar refractivity (Wildman–Crippen MR) is 61.1 cm³/mol. The largest absolute Gasteiger partial charge is 0.481 e. The molecule has 0 saturated heterocycles. The highest BCUT2D eigenvalue weighted by Crippen LogP contribution is 2.38. The Kier molecular flexibility index (Phi) is 4.76. The van der Waals surface area contributed by atoms with Gasteiger partial charge in [-0.1, -0.05) is 0 Å². The number of carbonyl (C=O) groups is 1. The molecule has 0 aliphatic heterocycles. The summed E-state index contributed by atoms with van der Waals surface area (Å²) in [4.78, 5) is 19.6. The predicted octanol–water partition coefficient (Wildman–Crippen LogP) is 3.18. The van der Waals surface area contributed by atoms with Gasteiger partial charge in [-0.3, -0.25) is 14.9 Å². The molecular weight excluding hydrogens is 287 g/mol. The third kappa shape index (κ3) is 4.43. The van der Waals surface area contributed by atoms with Crippen LogP contribution in [0.5, 0.6) is 0 Å². The number of benzene rings is 1. The van der Waals surface area contributed by atoms with E-state index in [1.807, 2.05) is 0 Å². The standard InChI is InChI=1S/C10H8F3NO4S/c11-10(12,13)7-5-6(14(17)18)1-2-8(7)19-4-3-9(15)16/h1-2,5H,3-4H2,(H,15,16). The van der Waals surface area contributed by atoms with Crippen molar-refractivity contribution in [3.05, 3.63) is 33.9 Å². The summed E-state index contributed by atoms with van der Waals surface area (Å²) in [7, 11) is 0. The Morgan fingerprint density at radius 2 is 2.05 bits per heavy atom. The fourth-order valence-corrected chi connectivity index (χ4v) is 2.22. The summed E-state index contributed by atoms with van der Waals surface area (Å²) in [6.45, 7) is 0. The van der Waals surface area contributed by atoms with E-state index >= 15 is 0 Å². The molecule has 0 saturated carbocycles. The lowest BCUT2D eigenvalue weighted by molar-refractivity contribution is -0.385. The number of halogens is 3. The van der Waals surface area contributed by atoms with Crippen LogP contribution >= 0.6 is 11.8 Å². The van der Waals surface area contributed by atoms with Crippen molar-refractivity contribution < 1.29 is 28.0 Å². The summed E-state index contributed by atoms with van der Waals surface area (Å²) in [6, 6.07) is 2.38. The highest BCUT2D eigenvalue weighted by atomic mass is 32.2. The number of nitro groups is 1. The molecule has 0 spiro atoms. The van der Waals surface area contributed by atoms with Crippen LogP contribution in [0, 0.1) is 10.1 Å². The molecule has 104 valence electrons. The molecule has 0 fully saturated rings. The summed E-state index contributed by atoms with van der Waals surface area (Å²) in [5, 5.41) is 18.9. The Bertz CT molecular complexity index is 504. The average Bonchev–Trinajstić information content (AvgIpc) is 2.27. The fraction of sp³-hybridized carbons (Fsp3) is 0.300. The maximum atomic E-state index is 12.7. The Balaban J connectivity index is 3.03. The lowest BCUT2D eigenvalue weighted by Crippen LogP contribution is -2.08. The van der Waals surface area contributed by atoms with Crippen LogP contribution in [0.15, 0.2) is 23.1 Å². The molecule has 19 heavy (non-hydrogen) atoms. The van der Waals surface area contributed by atoms with Crippen LogP contribution in [0.2, 0.25) is 0 Å². The number of carboxylic acids is 1. The molecular formula is C10H8F3NO4S. The van der Waals surface area contributed by atoms with Crippen molar-refractivity contribution in [3.63, 3.8) is 0 Å². The summed E-state index contributed by atoms with van der Waals surface area (Å²) >= 11 is 0.699. The van der Waals surface area contributed by atoms with Crippen molar-refractivity contribution in [3.8, 4) is 0 Å². The number of nitro benzene ring substituents is 1. The molecule has 0 aromatic heterocycles. The number of carboxylic acid groups (broad SMARTS) is 1. The monoisotopic (exact) mass is 295 g/mol. The molecule has 0 aliphatic rings. The van der Waals surface area contributed by atoms with Crippen molar-refractivity contribution in [1.29, 1.82) is 0 Å². The van der Waals surface area contributed by atoms with E-state index < -0.39 is 28.3 Å². The van der Waals surface area contributed by atoms with Crippen LogP contribution in [-0.2, 0) is 11.0 Å². The van der Waals surface area contributed by atoms with E-state index in [9.17, 15) is 28.1 Å². The SMILES string of the molecule is O=C(O)CCSc1ccc([N+](=O)[O-])cc1C(F)(F)F. The van der Waals surface area contributed by atoms with Gasteiger partial charge in [0.1, 0.15) is 0 Å². The van der Waals surface area contributed by atoms with Gasteiger partial charge in [-0.15, -0.1) is 11.8 Å². The molecule has 9 heteroatoms. The first-order valence-electron chi connectivity index (χ1n) is 4.92. The van der Waals surface area contributed by atoms with E-state index in [2.05, 4.69) is 0 Å². The molecule has 1 N–H and O–H groups in total. The van der Waals surface area contributed by atoms with Crippen LogP contribution in [0.4, 0.5) is 18.9 Å². The number of aliphatic carboxylic acids is 1. The zero-order chi connectivity index (χ0) is 14.6. The lowest BCUT2D eigenvalue weighted by atomic mass is 10.2. The van der Waals surface area contributed by atoms with Gasteiger partial charge in [0.25, 0.3) is 5.69 Å². The van der Waals surface area contributed by atoms with E-state index in [1.165, 1.54) is 0 Å². The Labute approximate surface area is 109 Å². The van der Waals surface area contributed by atoms with Gasteiger partial charge in [0, 0.05) is 22.8 Å². The van der Waals surface area contributed by atoms with E-state index in [0.29, 0.717) is 17.8 Å². The Morgan fingerprint density at radius 3 is 2.53 bits per heavy atom. The molecule has 0 bridgehead atoms. The number of hydrogen-bond donors (Lipinski definition) is 1. The second-order valence-electron chi connectivity index (χ2n) is 3.43. The number of nitrogens with zero attached hydrogens (tertiary/aromatic N) is 1. The van der Waals surface area contributed by atoms with Gasteiger partial charge in [0.05, 0.1) is 16.9 Å². The van der Waals surface area contributed by atoms with Crippen LogP contribution in [0.1, 0.15) is 12.0 Å². The van der Waals surface area contributed by atoms with Gasteiger partial charge in [0.15, 0.2) is 0 Å². The number of thioether (sulfide) groups is 1. The molecule has 1 rings (SSSR count). The van der Waals surface area contributed by atoms with Crippen LogP contribution < -0.4 is 0 Å². The molecule has 0 aliphatic carbocycles. The highest BCUT2D eigenvalue weighted by molar-refractivity contribution is 7.99. The molecule has 0 heterocycles. The van der Waals surface area contributed by atoms with Crippen LogP contribution in [0.25, 0.3) is 0 Å². The van der Waals surface area contributed by atoms with Crippen molar-refractivity contribution in [2.24, 2.45) is 0 Å². The summed E-state index contributed by atoms with van der Waals surface area (Å²) < 4.78 is 38.2. The third-order valence-electron chi connectivity index (χ3n) is 2.05. The minimum atomic E-state index is -4.72. The quantitative estimate of drug-likeness (QED) is 0.512. The van der Waals surface area contributed by atoms with Gasteiger partial charge in [-0.2, -0.15) is 13.2 Å². The normalized spacial score (nSPS) is 11.3. The number of non-ortho nitro benzene ring substituents is 1. The van der Waals surface area contributed by atoms with Crippen LogP contribution in [-0.4, -0.2) is 21.8 Å². The van der Waals surface area contributed by atoms with E-state index in [-0.39, 0.29) is 17.1 Å². The molecule has 0 radical (unpaired) electrons. The van der Waals surface area contributed by atoms with Crippen molar-refractivity contribution in [1.82, 2.24) is 0 Å². The second kappa shape index (κ2) is 5.91. The van der Waals surface area contributed by atoms with Gasteiger partial charge in [-0.05, 0) is 6.07 Å². The first kappa shape index (κ1) is 15.3. The third-order valence-corrected chi connectivity index (χ3v) is 3.13. The average molecular weight is 295 g/mol. The zero-order valence-electron chi connectivity index (χ0n) is 9.31. The van der Waals surface area contributed by atoms with E-state index in [0.717, 1.165) is 12.1 Å². The number of rotatable bonds is 5. The molecule has 5 nitrogen and oxygen atoms in total. The number of hydrogen-bond acceptors (Lipinski definition) is 4. The highest BCUT2D eigenvalue weighted by Gasteiger charge is 2.35. The maximum absolute atomic E-state index is 12.7. The van der Waals surface area contributed by atoms with E-state index in [4.69, 9.17) is 5.11 Å². The smallest absolute Gasteiger partial charge is 0.417 e. The van der Waals surface area contributed by atoms with Crippen molar-refractivity contribution in [2.75, 3.05) is 5.75 Å². The molecule has 0 unspecified atom stereocenters. The molecule has 0 atom stereocenters. The zero-order valence-corrected chi connectivity index (χ0v) is 10.1. The summed E-state index contributed by atoms with van der Waals surface area (Å²) in [5.41, 5.74) is -1.79. The van der Waals surface area contributed by atoms with Gasteiger partial charge < -0.3 is 5.11 Å². The maximum Gasteiger partial charge on any atom is 0.417 e. The molecule has 1 aromatic rings. The van der Waals surface area contributed by atoms with Crippen molar-refractivity contribution in [2.45, 2.75) is 17.5 Å².